The van der Waals surface area contributed by atoms with Crippen molar-refractivity contribution in [2.24, 2.45) is 0 Å². The van der Waals surface area contributed by atoms with Crippen LogP contribution in [0.2, 0.25) is 0 Å². The predicted octanol–water partition coefficient (Wildman–Crippen LogP) is 2.93. The lowest BCUT2D eigenvalue weighted by molar-refractivity contribution is 0.284. The normalized spacial score (nSPS) is 9.89. The zero-order chi connectivity index (χ0) is 17.9. The Kier molecular flexibility index (Phi) is 13.6. The van der Waals surface area contributed by atoms with Gasteiger partial charge in [0.1, 0.15) is 12.4 Å². The van der Waals surface area contributed by atoms with Gasteiger partial charge in [0.2, 0.25) is 0 Å². The number of halogens is 3. The quantitative estimate of drug-likeness (QED) is 0.487. The van der Waals surface area contributed by atoms with Gasteiger partial charge in [-0.2, -0.15) is 0 Å². The molecule has 0 bridgehead atoms. The molecule has 0 saturated carbocycles. The number of aliphatic hydroxyl groups is 1. The fourth-order valence-electron chi connectivity index (χ4n) is 2.30. The molecule has 3 N–H and O–H groups in total. The SMILES string of the molecule is COc1cc(CNCCNCCO)ccc1OCc1ccc(F)cc1.Cl.Cl. The zero-order valence-electron chi connectivity index (χ0n) is 15.2. The van der Waals surface area contributed by atoms with Gasteiger partial charge in [0.15, 0.2) is 11.5 Å². The van der Waals surface area contributed by atoms with Crippen LogP contribution in [0.1, 0.15) is 11.1 Å². The van der Waals surface area contributed by atoms with E-state index in [1.165, 1.54) is 12.1 Å². The topological polar surface area (TPSA) is 62.8 Å². The third kappa shape index (κ3) is 9.26. The van der Waals surface area contributed by atoms with Gasteiger partial charge in [0.05, 0.1) is 13.7 Å². The molecule has 152 valence electrons. The summed E-state index contributed by atoms with van der Waals surface area (Å²) in [7, 11) is 1.61. The minimum Gasteiger partial charge on any atom is -0.493 e. The number of aliphatic hydroxyl groups excluding tert-OH is 1. The maximum Gasteiger partial charge on any atom is 0.161 e. The van der Waals surface area contributed by atoms with Crippen molar-refractivity contribution in [1.82, 2.24) is 10.6 Å². The Bertz CT molecular complexity index is 645. The Morgan fingerprint density at radius 1 is 0.889 bits per heavy atom. The molecule has 0 amide bonds. The summed E-state index contributed by atoms with van der Waals surface area (Å²) in [6.45, 7) is 3.44. The van der Waals surface area contributed by atoms with Gasteiger partial charge in [-0.25, -0.2) is 4.39 Å². The molecule has 0 unspecified atom stereocenters. The lowest BCUT2D eigenvalue weighted by atomic mass is 10.2. The van der Waals surface area contributed by atoms with Crippen molar-refractivity contribution in [3.05, 3.63) is 59.4 Å². The molecule has 0 fully saturated rings. The maximum atomic E-state index is 12.9. The number of nitrogens with one attached hydrogen (secondary N) is 2. The van der Waals surface area contributed by atoms with Crippen LogP contribution in [-0.2, 0) is 13.2 Å². The Labute approximate surface area is 172 Å². The van der Waals surface area contributed by atoms with Crippen molar-refractivity contribution in [3.63, 3.8) is 0 Å². The molecule has 0 heterocycles. The van der Waals surface area contributed by atoms with Crippen LogP contribution in [0.4, 0.5) is 4.39 Å². The molecule has 0 aliphatic rings. The van der Waals surface area contributed by atoms with Gasteiger partial charge < -0.3 is 25.2 Å². The molecule has 0 aliphatic carbocycles. The lowest BCUT2D eigenvalue weighted by Gasteiger charge is -2.13. The lowest BCUT2D eigenvalue weighted by Crippen LogP contribution is -2.28. The first kappa shape index (κ1) is 25.4. The van der Waals surface area contributed by atoms with Gasteiger partial charge in [0.25, 0.3) is 0 Å². The van der Waals surface area contributed by atoms with Gasteiger partial charge in [-0.05, 0) is 35.4 Å². The molecule has 2 rings (SSSR count). The van der Waals surface area contributed by atoms with E-state index in [1.54, 1.807) is 19.2 Å². The predicted molar refractivity (Wildman–Crippen MR) is 110 cm³/mol. The first-order valence-electron chi connectivity index (χ1n) is 8.29. The van der Waals surface area contributed by atoms with Crippen LogP contribution in [0.3, 0.4) is 0 Å². The standard InChI is InChI=1S/C19H25FN2O3.2ClH/c1-24-19-12-16(13-22-9-8-21-10-11-23)4-7-18(19)25-14-15-2-5-17(20)6-3-15;;/h2-7,12,21-23H,8-11,13-14H2,1H3;2*1H. The van der Waals surface area contributed by atoms with E-state index in [2.05, 4.69) is 10.6 Å². The van der Waals surface area contributed by atoms with Gasteiger partial charge in [-0.3, -0.25) is 0 Å². The summed E-state index contributed by atoms with van der Waals surface area (Å²) in [5.41, 5.74) is 1.98. The molecule has 0 atom stereocenters. The van der Waals surface area contributed by atoms with Crippen molar-refractivity contribution < 1.29 is 19.0 Å². The number of hydrogen-bond acceptors (Lipinski definition) is 5. The Morgan fingerprint density at radius 2 is 1.56 bits per heavy atom. The third-order valence-electron chi connectivity index (χ3n) is 3.63. The number of benzene rings is 2. The number of hydrogen-bond donors (Lipinski definition) is 3. The first-order chi connectivity index (χ1) is 12.2. The smallest absolute Gasteiger partial charge is 0.161 e. The minimum absolute atomic E-state index is 0. The van der Waals surface area contributed by atoms with E-state index in [9.17, 15) is 4.39 Å². The summed E-state index contributed by atoms with van der Waals surface area (Å²) in [6, 6.07) is 12.0. The van der Waals surface area contributed by atoms with Gasteiger partial charge in [0, 0.05) is 26.2 Å². The molecular weight excluding hydrogens is 394 g/mol. The molecule has 2 aromatic rings. The number of ether oxygens (including phenoxy) is 2. The van der Waals surface area contributed by atoms with Crippen molar-refractivity contribution in [2.45, 2.75) is 13.2 Å². The van der Waals surface area contributed by atoms with Gasteiger partial charge in [-0.1, -0.05) is 18.2 Å². The molecule has 2 aromatic carbocycles. The van der Waals surface area contributed by atoms with Crippen LogP contribution in [0.5, 0.6) is 11.5 Å². The summed E-state index contributed by atoms with van der Waals surface area (Å²) in [6.07, 6.45) is 0. The zero-order valence-corrected chi connectivity index (χ0v) is 16.9. The van der Waals surface area contributed by atoms with Crippen LogP contribution in [0, 0.1) is 5.82 Å². The van der Waals surface area contributed by atoms with Crippen LogP contribution in [0.25, 0.3) is 0 Å². The molecule has 5 nitrogen and oxygen atoms in total. The molecule has 0 radical (unpaired) electrons. The van der Waals surface area contributed by atoms with E-state index in [4.69, 9.17) is 14.6 Å². The van der Waals surface area contributed by atoms with E-state index < -0.39 is 0 Å². The van der Waals surface area contributed by atoms with E-state index in [-0.39, 0.29) is 37.2 Å². The monoisotopic (exact) mass is 420 g/mol. The summed E-state index contributed by atoms with van der Waals surface area (Å²) < 4.78 is 24.1. The summed E-state index contributed by atoms with van der Waals surface area (Å²) >= 11 is 0. The largest absolute Gasteiger partial charge is 0.493 e. The summed E-state index contributed by atoms with van der Waals surface area (Å²) in [4.78, 5) is 0. The Balaban J connectivity index is 0.00000338. The van der Waals surface area contributed by atoms with E-state index >= 15 is 0 Å². The average Bonchev–Trinajstić information content (AvgIpc) is 2.64. The van der Waals surface area contributed by atoms with Crippen LogP contribution >= 0.6 is 24.8 Å². The Morgan fingerprint density at radius 3 is 2.22 bits per heavy atom. The molecule has 0 spiro atoms. The van der Waals surface area contributed by atoms with Crippen LogP contribution in [0.15, 0.2) is 42.5 Å². The van der Waals surface area contributed by atoms with E-state index in [0.717, 1.165) is 30.8 Å². The molecule has 27 heavy (non-hydrogen) atoms. The van der Waals surface area contributed by atoms with Crippen LogP contribution < -0.4 is 20.1 Å². The van der Waals surface area contributed by atoms with Crippen molar-refractivity contribution in [2.75, 3.05) is 33.4 Å². The molecular formula is C19H27Cl2FN2O3. The van der Waals surface area contributed by atoms with E-state index in [0.29, 0.717) is 24.7 Å². The highest BCUT2D eigenvalue weighted by Crippen LogP contribution is 2.28. The number of rotatable bonds is 11. The first-order valence-corrected chi connectivity index (χ1v) is 8.29. The van der Waals surface area contributed by atoms with Gasteiger partial charge in [-0.15, -0.1) is 24.8 Å². The molecule has 8 heteroatoms. The number of methoxy groups -OCH3 is 1. The van der Waals surface area contributed by atoms with Crippen molar-refractivity contribution in [1.29, 1.82) is 0 Å². The minimum atomic E-state index is -0.259. The average molecular weight is 421 g/mol. The highest BCUT2D eigenvalue weighted by Gasteiger charge is 2.06. The fourth-order valence-corrected chi connectivity index (χ4v) is 2.30. The highest BCUT2D eigenvalue weighted by molar-refractivity contribution is 5.85. The molecule has 0 aliphatic heterocycles. The second kappa shape index (κ2) is 14.5. The summed E-state index contributed by atoms with van der Waals surface area (Å²) in [5.74, 6) is 1.06. The fraction of sp³-hybridized carbons (Fsp3) is 0.368. The maximum absolute atomic E-state index is 12.9. The second-order valence-corrected chi connectivity index (χ2v) is 5.55. The van der Waals surface area contributed by atoms with Crippen molar-refractivity contribution >= 4 is 24.8 Å². The molecule has 0 saturated heterocycles. The second-order valence-electron chi connectivity index (χ2n) is 5.55. The Hall–Kier alpha value is -1.57. The van der Waals surface area contributed by atoms with Crippen LogP contribution in [-0.4, -0.2) is 38.5 Å². The van der Waals surface area contributed by atoms with Crippen molar-refractivity contribution in [3.8, 4) is 11.5 Å². The summed E-state index contributed by atoms with van der Waals surface area (Å²) in [5, 5.41) is 15.1. The van der Waals surface area contributed by atoms with Gasteiger partial charge >= 0.3 is 0 Å². The highest BCUT2D eigenvalue weighted by atomic mass is 35.5. The van der Waals surface area contributed by atoms with E-state index in [1.807, 2.05) is 18.2 Å². The molecule has 0 aromatic heterocycles. The third-order valence-corrected chi connectivity index (χ3v) is 3.63.